The van der Waals surface area contributed by atoms with E-state index in [0.717, 1.165) is 5.76 Å². The van der Waals surface area contributed by atoms with E-state index in [1.54, 1.807) is 37.6 Å². The number of nitrogens with zero attached hydrogens (tertiary/aromatic N) is 3. The predicted molar refractivity (Wildman–Crippen MR) is 91.4 cm³/mol. The van der Waals surface area contributed by atoms with Gasteiger partial charge in [0.25, 0.3) is 0 Å². The maximum absolute atomic E-state index is 12.4. The summed E-state index contributed by atoms with van der Waals surface area (Å²) in [6.45, 7) is 2.24. The lowest BCUT2D eigenvalue weighted by atomic mass is 10.3. The largest absolute Gasteiger partial charge is 0.469 e. The third-order valence-electron chi connectivity index (χ3n) is 3.88. The zero-order valence-corrected chi connectivity index (χ0v) is 13.8. The Hall–Kier alpha value is -3.16. The molecule has 0 radical (unpaired) electrons. The first-order chi connectivity index (χ1) is 12.1. The van der Waals surface area contributed by atoms with Gasteiger partial charge < -0.3 is 9.73 Å². The van der Waals surface area contributed by atoms with Crippen LogP contribution in [0, 0.1) is 0 Å². The van der Waals surface area contributed by atoms with Gasteiger partial charge in [-0.3, -0.25) is 23.5 Å². The summed E-state index contributed by atoms with van der Waals surface area (Å²) in [5.41, 5.74) is -0.575. The third kappa shape index (κ3) is 3.37. The van der Waals surface area contributed by atoms with Crippen LogP contribution in [0.3, 0.4) is 0 Å². The molecule has 0 aromatic carbocycles. The molecule has 8 nitrogen and oxygen atoms in total. The average molecular weight is 342 g/mol. The van der Waals surface area contributed by atoms with Crippen molar-refractivity contribution in [2.24, 2.45) is 0 Å². The van der Waals surface area contributed by atoms with Crippen LogP contribution in [0.15, 0.2) is 50.7 Å². The van der Waals surface area contributed by atoms with Gasteiger partial charge in [0.05, 0.1) is 11.8 Å². The Kier molecular flexibility index (Phi) is 4.78. The molecule has 130 valence electrons. The van der Waals surface area contributed by atoms with Crippen molar-refractivity contribution < 1.29 is 9.21 Å². The molecule has 0 spiro atoms. The maximum Gasteiger partial charge on any atom is 0.318 e. The Morgan fingerprint density at radius 3 is 2.72 bits per heavy atom. The van der Waals surface area contributed by atoms with E-state index in [4.69, 9.17) is 4.42 Å². The fraction of sp³-hybridized carbons (Fsp3) is 0.294. The van der Waals surface area contributed by atoms with Crippen molar-refractivity contribution in [1.82, 2.24) is 19.4 Å². The number of hydrogen-bond acceptors (Lipinski definition) is 5. The van der Waals surface area contributed by atoms with Gasteiger partial charge in [0.2, 0.25) is 5.91 Å². The number of aromatic nitrogens is 3. The normalized spacial score (nSPS) is 10.9. The van der Waals surface area contributed by atoms with Crippen LogP contribution in [0.4, 0.5) is 0 Å². The van der Waals surface area contributed by atoms with Gasteiger partial charge >= 0.3 is 11.1 Å². The first-order valence-electron chi connectivity index (χ1n) is 7.99. The Balaban J connectivity index is 1.83. The highest BCUT2D eigenvalue weighted by molar-refractivity contribution is 5.78. The monoisotopic (exact) mass is 342 g/mol. The molecule has 25 heavy (non-hydrogen) atoms. The van der Waals surface area contributed by atoms with Crippen LogP contribution in [0.5, 0.6) is 0 Å². The number of pyridine rings is 1. The summed E-state index contributed by atoms with van der Waals surface area (Å²) < 4.78 is 7.67. The quantitative estimate of drug-likeness (QED) is 0.659. The predicted octanol–water partition coefficient (Wildman–Crippen LogP) is 0.530. The summed E-state index contributed by atoms with van der Waals surface area (Å²) in [6.07, 6.45) is 3.66. The van der Waals surface area contributed by atoms with Gasteiger partial charge in [-0.2, -0.15) is 0 Å². The first kappa shape index (κ1) is 16.7. The van der Waals surface area contributed by atoms with E-state index in [1.165, 1.54) is 9.13 Å². The number of fused-ring (bicyclic) bond motifs is 1. The van der Waals surface area contributed by atoms with Crippen molar-refractivity contribution in [1.29, 1.82) is 0 Å². The molecule has 3 aromatic rings. The number of carbonyl (C=O) groups excluding carboxylic acids is 1. The number of nitrogens with one attached hydrogen (secondary N) is 1. The van der Waals surface area contributed by atoms with Crippen LogP contribution in [-0.2, 0) is 24.3 Å². The Bertz CT molecular complexity index is 1000. The Morgan fingerprint density at radius 1 is 1.20 bits per heavy atom. The highest BCUT2D eigenvalue weighted by Crippen LogP contribution is 2.07. The molecule has 3 rings (SSSR count). The lowest BCUT2D eigenvalue weighted by Gasteiger charge is -2.13. The van der Waals surface area contributed by atoms with Crippen molar-refractivity contribution in [3.05, 3.63) is 63.2 Å². The summed E-state index contributed by atoms with van der Waals surface area (Å²) >= 11 is 0. The molecule has 8 heteroatoms. The molecule has 1 N–H and O–H groups in total. The van der Waals surface area contributed by atoms with E-state index >= 15 is 0 Å². The fourth-order valence-electron chi connectivity index (χ4n) is 2.67. The van der Waals surface area contributed by atoms with Gasteiger partial charge in [0, 0.05) is 25.7 Å². The van der Waals surface area contributed by atoms with Crippen molar-refractivity contribution in [3.63, 3.8) is 0 Å². The number of rotatable bonds is 6. The van der Waals surface area contributed by atoms with Gasteiger partial charge in [0.15, 0.2) is 5.65 Å². The van der Waals surface area contributed by atoms with E-state index in [-0.39, 0.29) is 12.5 Å². The molecule has 0 saturated carbocycles. The molecule has 0 aliphatic carbocycles. The van der Waals surface area contributed by atoms with E-state index in [9.17, 15) is 14.4 Å². The summed E-state index contributed by atoms with van der Waals surface area (Å²) in [6, 6.07) is 6.93. The summed E-state index contributed by atoms with van der Waals surface area (Å²) in [5.74, 6) is 0.408. The van der Waals surface area contributed by atoms with Crippen LogP contribution < -0.4 is 16.4 Å². The standard InChI is InChI=1S/C17H18N4O4/c1-2-20-15-13(6-3-8-19-15)21(17(24)16(20)23)11-14(22)18-9-7-12-5-4-10-25-12/h3-6,8,10H,2,7,9,11H2,1H3,(H,18,22). The van der Waals surface area contributed by atoms with Gasteiger partial charge in [-0.1, -0.05) is 0 Å². The van der Waals surface area contributed by atoms with Crippen LogP contribution in [0.25, 0.3) is 11.2 Å². The molecular formula is C17H18N4O4. The van der Waals surface area contributed by atoms with Crippen LogP contribution in [-0.4, -0.2) is 26.6 Å². The number of carbonyl (C=O) groups is 1. The van der Waals surface area contributed by atoms with E-state index in [0.29, 0.717) is 30.7 Å². The van der Waals surface area contributed by atoms with Crippen LogP contribution >= 0.6 is 0 Å². The summed E-state index contributed by atoms with van der Waals surface area (Å²) in [7, 11) is 0. The van der Waals surface area contributed by atoms with Crippen LogP contribution in [0.2, 0.25) is 0 Å². The van der Waals surface area contributed by atoms with Crippen molar-refractivity contribution >= 4 is 17.1 Å². The lowest BCUT2D eigenvalue weighted by Crippen LogP contribution is -2.44. The van der Waals surface area contributed by atoms with E-state index in [2.05, 4.69) is 10.3 Å². The second-order valence-corrected chi connectivity index (χ2v) is 5.47. The van der Waals surface area contributed by atoms with Gasteiger partial charge in [0.1, 0.15) is 12.3 Å². The van der Waals surface area contributed by atoms with Gasteiger partial charge in [-0.05, 0) is 31.2 Å². The van der Waals surface area contributed by atoms with Crippen molar-refractivity contribution in [2.45, 2.75) is 26.4 Å². The third-order valence-corrected chi connectivity index (χ3v) is 3.88. The first-order valence-corrected chi connectivity index (χ1v) is 7.99. The van der Waals surface area contributed by atoms with E-state index in [1.807, 2.05) is 6.07 Å². The highest BCUT2D eigenvalue weighted by atomic mass is 16.3. The zero-order chi connectivity index (χ0) is 17.8. The zero-order valence-electron chi connectivity index (χ0n) is 13.8. The molecule has 1 amide bonds. The lowest BCUT2D eigenvalue weighted by molar-refractivity contribution is -0.121. The highest BCUT2D eigenvalue weighted by Gasteiger charge is 2.15. The fourth-order valence-corrected chi connectivity index (χ4v) is 2.67. The maximum atomic E-state index is 12.4. The van der Waals surface area contributed by atoms with Crippen LogP contribution in [0.1, 0.15) is 12.7 Å². The molecule has 0 saturated heterocycles. The Labute approximate surface area is 142 Å². The molecule has 0 unspecified atom stereocenters. The van der Waals surface area contributed by atoms with Gasteiger partial charge in [-0.25, -0.2) is 4.98 Å². The van der Waals surface area contributed by atoms with Gasteiger partial charge in [-0.15, -0.1) is 0 Å². The molecular weight excluding hydrogens is 324 g/mol. The molecule has 0 fully saturated rings. The van der Waals surface area contributed by atoms with E-state index < -0.39 is 11.1 Å². The number of aryl methyl sites for hydroxylation is 1. The molecule has 0 bridgehead atoms. The minimum absolute atomic E-state index is 0.237. The molecule has 0 atom stereocenters. The summed E-state index contributed by atoms with van der Waals surface area (Å²) in [5, 5.41) is 2.72. The second kappa shape index (κ2) is 7.16. The SMILES string of the molecule is CCn1c(=O)c(=O)n(CC(=O)NCCc2ccco2)c2cccnc21. The minimum Gasteiger partial charge on any atom is -0.469 e. The number of furan rings is 1. The molecule has 0 aliphatic rings. The number of hydrogen-bond donors (Lipinski definition) is 1. The second-order valence-electron chi connectivity index (χ2n) is 5.47. The van der Waals surface area contributed by atoms with Crippen molar-refractivity contribution in [2.75, 3.05) is 6.54 Å². The molecule has 3 aromatic heterocycles. The van der Waals surface area contributed by atoms with Crippen molar-refractivity contribution in [3.8, 4) is 0 Å². The minimum atomic E-state index is -0.733. The molecule has 0 aliphatic heterocycles. The smallest absolute Gasteiger partial charge is 0.318 e. The summed E-state index contributed by atoms with van der Waals surface area (Å²) in [4.78, 5) is 40.9. The topological polar surface area (TPSA) is 99.1 Å². The molecule has 3 heterocycles. The average Bonchev–Trinajstić information content (AvgIpc) is 3.13. The Morgan fingerprint density at radius 2 is 2.00 bits per heavy atom. The number of amides is 1.